The van der Waals surface area contributed by atoms with Crippen molar-refractivity contribution in [2.75, 3.05) is 31.7 Å². The first-order chi connectivity index (χ1) is 7.81. The van der Waals surface area contributed by atoms with Gasteiger partial charge in [-0.15, -0.1) is 0 Å². The first-order valence-corrected chi connectivity index (χ1v) is 6.12. The number of hydrogen-bond donors (Lipinski definition) is 0. The normalized spacial score (nSPS) is 16.1. The molecule has 0 unspecified atom stereocenters. The van der Waals surface area contributed by atoms with E-state index in [1.165, 1.54) is 11.3 Å². The van der Waals surface area contributed by atoms with E-state index >= 15 is 0 Å². The summed E-state index contributed by atoms with van der Waals surface area (Å²) in [7, 11) is 1.74. The van der Waals surface area contributed by atoms with Crippen molar-refractivity contribution >= 4 is 21.6 Å². The maximum atomic E-state index is 5.14. The van der Waals surface area contributed by atoms with Crippen LogP contribution in [0.2, 0.25) is 0 Å². The van der Waals surface area contributed by atoms with E-state index in [9.17, 15) is 0 Å². The smallest absolute Gasteiger partial charge is 0.0674 e. The summed E-state index contributed by atoms with van der Waals surface area (Å²) in [6.45, 7) is 2.74. The van der Waals surface area contributed by atoms with Gasteiger partial charge in [0.1, 0.15) is 0 Å². The van der Waals surface area contributed by atoms with Crippen LogP contribution in [0.1, 0.15) is 6.42 Å². The van der Waals surface area contributed by atoms with Crippen LogP contribution in [-0.4, -0.2) is 31.8 Å². The minimum Gasteiger partial charge on any atom is -0.380 e. The van der Waals surface area contributed by atoms with Gasteiger partial charge in [0, 0.05) is 32.6 Å². The molecule has 0 aromatic carbocycles. The van der Waals surface area contributed by atoms with Crippen LogP contribution >= 0.6 is 15.9 Å². The summed E-state index contributed by atoms with van der Waals surface area (Å²) in [5, 5.41) is 0. The van der Waals surface area contributed by atoms with E-state index in [4.69, 9.17) is 4.74 Å². The Morgan fingerprint density at radius 3 is 3.06 bits per heavy atom. The molecule has 1 aliphatic rings. The lowest BCUT2D eigenvalue weighted by Gasteiger charge is -2.28. The van der Waals surface area contributed by atoms with Crippen molar-refractivity contribution in [3.8, 4) is 0 Å². The van der Waals surface area contributed by atoms with Crippen LogP contribution < -0.4 is 4.90 Å². The Morgan fingerprint density at radius 2 is 2.44 bits per heavy atom. The van der Waals surface area contributed by atoms with E-state index in [-0.39, 0.29) is 0 Å². The van der Waals surface area contributed by atoms with Gasteiger partial charge in [-0.1, -0.05) is 6.08 Å². The van der Waals surface area contributed by atoms with Crippen molar-refractivity contribution in [3.05, 3.63) is 34.6 Å². The molecule has 0 saturated heterocycles. The Kier molecular flexibility index (Phi) is 3.96. The highest BCUT2D eigenvalue weighted by molar-refractivity contribution is 9.10. The van der Waals surface area contributed by atoms with E-state index in [0.717, 1.165) is 30.6 Å². The number of nitrogens with zero attached hydrogens (tertiary/aromatic N) is 2. The molecular weight excluding hydrogens is 268 g/mol. The van der Waals surface area contributed by atoms with Gasteiger partial charge in [0.2, 0.25) is 0 Å². The zero-order chi connectivity index (χ0) is 11.4. The molecule has 0 spiro atoms. The van der Waals surface area contributed by atoms with Gasteiger partial charge in [-0.3, -0.25) is 4.98 Å². The van der Waals surface area contributed by atoms with Crippen molar-refractivity contribution in [3.63, 3.8) is 0 Å². The fourth-order valence-corrected chi connectivity index (χ4v) is 2.37. The molecule has 2 heterocycles. The lowest BCUT2D eigenvalue weighted by molar-refractivity contribution is 0.222. The third kappa shape index (κ3) is 2.62. The first kappa shape index (κ1) is 11.6. The molecule has 16 heavy (non-hydrogen) atoms. The minimum absolute atomic E-state index is 0.755. The molecule has 4 heteroatoms. The number of methoxy groups -OCH3 is 1. The number of rotatable bonds is 3. The second-order valence-electron chi connectivity index (χ2n) is 3.82. The number of ether oxygens (including phenoxy) is 1. The average molecular weight is 283 g/mol. The van der Waals surface area contributed by atoms with Gasteiger partial charge in [-0.25, -0.2) is 0 Å². The predicted octanol–water partition coefficient (Wildman–Crippen LogP) is 2.63. The van der Waals surface area contributed by atoms with Gasteiger partial charge in [0.15, 0.2) is 0 Å². The molecular formula is C12H15BrN2O. The molecule has 0 amide bonds. The molecule has 0 fully saturated rings. The first-order valence-electron chi connectivity index (χ1n) is 5.32. The molecule has 0 atom stereocenters. The summed E-state index contributed by atoms with van der Waals surface area (Å²) < 4.78 is 6.19. The molecule has 1 aromatic rings. The number of aromatic nitrogens is 1. The van der Waals surface area contributed by atoms with E-state index in [1.54, 1.807) is 7.11 Å². The largest absolute Gasteiger partial charge is 0.380 e. The van der Waals surface area contributed by atoms with Crippen molar-refractivity contribution in [2.24, 2.45) is 0 Å². The molecule has 3 nitrogen and oxygen atoms in total. The van der Waals surface area contributed by atoms with E-state index in [2.05, 4.69) is 31.9 Å². The van der Waals surface area contributed by atoms with E-state index < -0.39 is 0 Å². The third-order valence-electron chi connectivity index (χ3n) is 2.72. The molecule has 0 N–H and O–H groups in total. The Morgan fingerprint density at radius 1 is 1.56 bits per heavy atom. The van der Waals surface area contributed by atoms with Gasteiger partial charge in [-0.2, -0.15) is 0 Å². The predicted molar refractivity (Wildman–Crippen MR) is 68.7 cm³/mol. The topological polar surface area (TPSA) is 25.4 Å². The van der Waals surface area contributed by atoms with Gasteiger partial charge >= 0.3 is 0 Å². The maximum Gasteiger partial charge on any atom is 0.0674 e. The maximum absolute atomic E-state index is 5.14. The van der Waals surface area contributed by atoms with Gasteiger partial charge < -0.3 is 9.64 Å². The monoisotopic (exact) mass is 282 g/mol. The van der Waals surface area contributed by atoms with Crippen LogP contribution in [0.25, 0.3) is 0 Å². The van der Waals surface area contributed by atoms with Crippen LogP contribution in [-0.2, 0) is 4.74 Å². The van der Waals surface area contributed by atoms with Crippen LogP contribution in [0.15, 0.2) is 34.6 Å². The van der Waals surface area contributed by atoms with Crippen LogP contribution in [0.3, 0.4) is 0 Å². The number of anilines is 1. The molecule has 1 aromatic heterocycles. The summed E-state index contributed by atoms with van der Waals surface area (Å²) in [6, 6.07) is 2.04. The summed E-state index contributed by atoms with van der Waals surface area (Å²) in [5.41, 5.74) is 2.60. The highest BCUT2D eigenvalue weighted by atomic mass is 79.9. The van der Waals surface area contributed by atoms with Gasteiger partial charge in [-0.05, 0) is 34.0 Å². The molecule has 86 valence electrons. The Balaban J connectivity index is 2.07. The molecule has 0 bridgehead atoms. The van der Waals surface area contributed by atoms with Crippen molar-refractivity contribution in [1.29, 1.82) is 0 Å². The fourth-order valence-electron chi connectivity index (χ4n) is 1.87. The van der Waals surface area contributed by atoms with Crippen LogP contribution in [0.5, 0.6) is 0 Å². The average Bonchev–Trinajstić information content (AvgIpc) is 2.31. The third-order valence-corrected chi connectivity index (χ3v) is 3.34. The molecule has 1 aliphatic heterocycles. The van der Waals surface area contributed by atoms with Gasteiger partial charge in [0.05, 0.1) is 16.8 Å². The summed E-state index contributed by atoms with van der Waals surface area (Å²) in [6.07, 6.45) is 6.99. The lowest BCUT2D eigenvalue weighted by Crippen LogP contribution is -2.29. The molecule has 0 aliphatic carbocycles. The van der Waals surface area contributed by atoms with E-state index in [1.807, 2.05) is 18.5 Å². The van der Waals surface area contributed by atoms with Crippen molar-refractivity contribution in [2.45, 2.75) is 6.42 Å². The number of pyridine rings is 1. The summed E-state index contributed by atoms with van der Waals surface area (Å²) in [4.78, 5) is 6.41. The minimum atomic E-state index is 0.755. The molecule has 2 rings (SSSR count). The SMILES string of the molecule is COCC1=CCN(c2ccncc2Br)CC1. The lowest BCUT2D eigenvalue weighted by atomic mass is 10.1. The molecule has 0 radical (unpaired) electrons. The summed E-state index contributed by atoms with van der Waals surface area (Å²) in [5.74, 6) is 0. The Labute approximate surface area is 104 Å². The highest BCUT2D eigenvalue weighted by Gasteiger charge is 2.13. The van der Waals surface area contributed by atoms with E-state index in [0.29, 0.717) is 0 Å². The van der Waals surface area contributed by atoms with Crippen molar-refractivity contribution < 1.29 is 4.74 Å². The highest BCUT2D eigenvalue weighted by Crippen LogP contribution is 2.27. The zero-order valence-corrected chi connectivity index (χ0v) is 10.9. The van der Waals surface area contributed by atoms with Crippen LogP contribution in [0.4, 0.5) is 5.69 Å². The second kappa shape index (κ2) is 5.46. The standard InChI is InChI=1S/C12H15BrN2O/c1-16-9-10-3-6-15(7-4-10)12-2-5-14-8-11(12)13/h2-3,5,8H,4,6-7,9H2,1H3. The fraction of sp³-hybridized carbons (Fsp3) is 0.417. The Hall–Kier alpha value is -0.870. The van der Waals surface area contributed by atoms with Crippen molar-refractivity contribution in [1.82, 2.24) is 4.98 Å². The van der Waals surface area contributed by atoms with Crippen LogP contribution in [0, 0.1) is 0 Å². The van der Waals surface area contributed by atoms with Gasteiger partial charge in [0.25, 0.3) is 0 Å². The molecule has 0 saturated carbocycles. The number of hydrogen-bond acceptors (Lipinski definition) is 3. The number of halogens is 1. The second-order valence-corrected chi connectivity index (χ2v) is 4.67. The Bertz CT molecular complexity index is 392. The zero-order valence-electron chi connectivity index (χ0n) is 9.32. The summed E-state index contributed by atoms with van der Waals surface area (Å²) >= 11 is 3.53. The quantitative estimate of drug-likeness (QED) is 0.797.